The highest BCUT2D eigenvalue weighted by Gasteiger charge is 2.55. The molecule has 3 heteroatoms. The van der Waals surface area contributed by atoms with Crippen molar-refractivity contribution >= 4 is 21.9 Å². The zero-order chi connectivity index (χ0) is 9.90. The molecule has 2 nitrogen and oxygen atoms in total. The predicted octanol–water partition coefficient (Wildman–Crippen LogP) is 2.89. The third-order valence-corrected chi connectivity index (χ3v) is 3.60. The first-order chi connectivity index (χ1) is 6.14. The minimum atomic E-state index is -0.154. The zero-order valence-corrected chi connectivity index (χ0v) is 9.89. The van der Waals surface area contributed by atoms with Gasteiger partial charge in [-0.3, -0.25) is 4.79 Å². The van der Waals surface area contributed by atoms with E-state index in [1.807, 2.05) is 0 Å². The molecule has 76 valence electrons. The number of ether oxygens (including phenoxy) is 1. The highest BCUT2D eigenvalue weighted by atomic mass is 79.9. The molecule has 1 aliphatic rings. The number of hydrogen-bond donors (Lipinski definition) is 0. The van der Waals surface area contributed by atoms with Crippen LogP contribution in [0.25, 0.3) is 0 Å². The van der Waals surface area contributed by atoms with E-state index in [1.54, 1.807) is 0 Å². The maximum Gasteiger partial charge on any atom is 0.303 e. The molecule has 0 amide bonds. The third-order valence-electron chi connectivity index (χ3n) is 2.66. The molecule has 0 aromatic rings. The van der Waals surface area contributed by atoms with Gasteiger partial charge in [-0.05, 0) is 12.8 Å². The first-order valence-corrected chi connectivity index (χ1v) is 6.02. The second-order valence-electron chi connectivity index (χ2n) is 3.84. The standard InChI is InChI=1S/C10H17BrO2/c1-3-4-5-9-6-10(9,7-11)13-8(2)12/h9H,3-7H2,1-2H3. The number of hydrogen-bond acceptors (Lipinski definition) is 2. The first-order valence-electron chi connectivity index (χ1n) is 4.90. The van der Waals surface area contributed by atoms with Gasteiger partial charge in [-0.1, -0.05) is 35.7 Å². The number of unbranched alkanes of at least 4 members (excludes halogenated alkanes) is 1. The summed E-state index contributed by atoms with van der Waals surface area (Å²) in [4.78, 5) is 10.8. The summed E-state index contributed by atoms with van der Waals surface area (Å²) in [7, 11) is 0. The number of halogens is 1. The summed E-state index contributed by atoms with van der Waals surface area (Å²) >= 11 is 3.42. The summed E-state index contributed by atoms with van der Waals surface area (Å²) < 4.78 is 5.32. The second-order valence-corrected chi connectivity index (χ2v) is 4.40. The van der Waals surface area contributed by atoms with Gasteiger partial charge in [0.15, 0.2) is 0 Å². The van der Waals surface area contributed by atoms with Crippen LogP contribution in [-0.2, 0) is 9.53 Å². The normalized spacial score (nSPS) is 31.5. The van der Waals surface area contributed by atoms with Gasteiger partial charge in [0.05, 0.1) is 0 Å². The van der Waals surface area contributed by atoms with E-state index >= 15 is 0 Å². The van der Waals surface area contributed by atoms with Gasteiger partial charge in [0, 0.05) is 18.2 Å². The molecule has 0 aromatic carbocycles. The molecular formula is C10H17BrO2. The van der Waals surface area contributed by atoms with Crippen molar-refractivity contribution in [3.8, 4) is 0 Å². The summed E-state index contributed by atoms with van der Waals surface area (Å²) in [6.07, 6.45) is 4.68. The molecule has 0 N–H and O–H groups in total. The molecular weight excluding hydrogens is 232 g/mol. The van der Waals surface area contributed by atoms with Crippen LogP contribution in [-0.4, -0.2) is 16.9 Å². The third kappa shape index (κ3) is 2.70. The van der Waals surface area contributed by atoms with Crippen molar-refractivity contribution in [3.63, 3.8) is 0 Å². The van der Waals surface area contributed by atoms with E-state index in [2.05, 4.69) is 22.9 Å². The number of esters is 1. The van der Waals surface area contributed by atoms with Crippen molar-refractivity contribution in [1.82, 2.24) is 0 Å². The SMILES string of the molecule is CCCCC1CC1(CBr)OC(C)=O. The monoisotopic (exact) mass is 248 g/mol. The van der Waals surface area contributed by atoms with Gasteiger partial charge in [-0.15, -0.1) is 0 Å². The summed E-state index contributed by atoms with van der Waals surface area (Å²) in [6.45, 7) is 3.67. The molecule has 0 radical (unpaired) electrons. The first kappa shape index (κ1) is 11.0. The van der Waals surface area contributed by atoms with E-state index in [1.165, 1.54) is 26.2 Å². The van der Waals surface area contributed by atoms with E-state index in [0.29, 0.717) is 5.92 Å². The lowest BCUT2D eigenvalue weighted by Crippen LogP contribution is -2.22. The van der Waals surface area contributed by atoms with Gasteiger partial charge in [0.1, 0.15) is 5.60 Å². The predicted molar refractivity (Wildman–Crippen MR) is 55.9 cm³/mol. The van der Waals surface area contributed by atoms with Gasteiger partial charge in [-0.2, -0.15) is 0 Å². The summed E-state index contributed by atoms with van der Waals surface area (Å²) in [5, 5.41) is 0.786. The average molecular weight is 249 g/mol. The van der Waals surface area contributed by atoms with Crippen LogP contribution in [0.2, 0.25) is 0 Å². The molecule has 0 spiro atoms. The highest BCUT2D eigenvalue weighted by molar-refractivity contribution is 9.09. The fourth-order valence-electron chi connectivity index (χ4n) is 1.78. The van der Waals surface area contributed by atoms with E-state index in [-0.39, 0.29) is 11.6 Å². The number of carbonyl (C=O) groups is 1. The van der Waals surface area contributed by atoms with Crippen LogP contribution in [0.5, 0.6) is 0 Å². The van der Waals surface area contributed by atoms with Crippen molar-refractivity contribution in [3.05, 3.63) is 0 Å². The van der Waals surface area contributed by atoms with Crippen LogP contribution >= 0.6 is 15.9 Å². The fraction of sp³-hybridized carbons (Fsp3) is 0.900. The Bertz CT molecular complexity index is 193. The molecule has 0 heterocycles. The van der Waals surface area contributed by atoms with E-state index in [9.17, 15) is 4.79 Å². The molecule has 0 saturated heterocycles. The molecule has 2 unspecified atom stereocenters. The van der Waals surface area contributed by atoms with Crippen molar-refractivity contribution in [2.24, 2.45) is 5.92 Å². The Morgan fingerprint density at radius 3 is 2.85 bits per heavy atom. The lowest BCUT2D eigenvalue weighted by atomic mass is 10.1. The van der Waals surface area contributed by atoms with Gasteiger partial charge in [-0.25, -0.2) is 0 Å². The Hall–Kier alpha value is -0.0500. The maximum absolute atomic E-state index is 10.8. The van der Waals surface area contributed by atoms with Gasteiger partial charge in [0.2, 0.25) is 0 Å². The molecule has 1 aliphatic carbocycles. The Morgan fingerprint density at radius 1 is 1.69 bits per heavy atom. The molecule has 13 heavy (non-hydrogen) atoms. The molecule has 0 bridgehead atoms. The van der Waals surface area contributed by atoms with E-state index < -0.39 is 0 Å². The van der Waals surface area contributed by atoms with Gasteiger partial charge >= 0.3 is 5.97 Å². The van der Waals surface area contributed by atoms with Crippen molar-refractivity contribution in [1.29, 1.82) is 0 Å². The quantitative estimate of drug-likeness (QED) is 0.553. The summed E-state index contributed by atoms with van der Waals surface area (Å²) in [5.74, 6) is 0.439. The fourth-order valence-corrected chi connectivity index (χ4v) is 2.58. The zero-order valence-electron chi connectivity index (χ0n) is 8.31. The summed E-state index contributed by atoms with van der Waals surface area (Å²) in [6, 6.07) is 0. The minimum absolute atomic E-state index is 0.152. The molecule has 0 aromatic heterocycles. The topological polar surface area (TPSA) is 26.3 Å². The van der Waals surface area contributed by atoms with Crippen LogP contribution < -0.4 is 0 Å². The largest absolute Gasteiger partial charge is 0.458 e. The second kappa shape index (κ2) is 4.45. The molecule has 0 aliphatic heterocycles. The Balaban J connectivity index is 2.34. The van der Waals surface area contributed by atoms with Gasteiger partial charge < -0.3 is 4.74 Å². The number of alkyl halides is 1. The van der Waals surface area contributed by atoms with Gasteiger partial charge in [0.25, 0.3) is 0 Å². The summed E-state index contributed by atoms with van der Waals surface area (Å²) in [5.41, 5.74) is -0.152. The van der Waals surface area contributed by atoms with E-state index in [4.69, 9.17) is 4.74 Å². The molecule has 2 atom stereocenters. The lowest BCUT2D eigenvalue weighted by Gasteiger charge is -2.14. The molecule has 1 saturated carbocycles. The van der Waals surface area contributed by atoms with E-state index in [0.717, 1.165) is 11.8 Å². The van der Waals surface area contributed by atoms with Crippen LogP contribution in [0, 0.1) is 5.92 Å². The maximum atomic E-state index is 10.8. The number of rotatable bonds is 5. The Labute approximate surface area is 88.2 Å². The minimum Gasteiger partial charge on any atom is -0.458 e. The van der Waals surface area contributed by atoms with Crippen molar-refractivity contribution < 1.29 is 9.53 Å². The average Bonchev–Trinajstić information content (AvgIpc) is 2.75. The Kier molecular flexibility index (Phi) is 3.77. The van der Waals surface area contributed by atoms with Crippen molar-refractivity contribution in [2.45, 2.75) is 45.1 Å². The Morgan fingerprint density at radius 2 is 2.38 bits per heavy atom. The van der Waals surface area contributed by atoms with Crippen LogP contribution in [0.4, 0.5) is 0 Å². The van der Waals surface area contributed by atoms with Crippen molar-refractivity contribution in [2.75, 3.05) is 5.33 Å². The van der Waals surface area contributed by atoms with Crippen LogP contribution in [0.1, 0.15) is 39.5 Å². The smallest absolute Gasteiger partial charge is 0.303 e. The van der Waals surface area contributed by atoms with Crippen LogP contribution in [0.15, 0.2) is 0 Å². The number of carbonyl (C=O) groups excluding carboxylic acids is 1. The molecule has 1 rings (SSSR count). The lowest BCUT2D eigenvalue weighted by molar-refractivity contribution is -0.147. The molecule has 1 fully saturated rings. The van der Waals surface area contributed by atoms with Crippen LogP contribution in [0.3, 0.4) is 0 Å². The highest BCUT2D eigenvalue weighted by Crippen LogP contribution is 2.51.